The second-order valence-corrected chi connectivity index (χ2v) is 7.65. The monoisotopic (exact) mass is 408 g/mol. The Hall–Kier alpha value is -2.67. The van der Waals surface area contributed by atoms with E-state index in [0.29, 0.717) is 17.1 Å². The number of carbonyl (C=O) groups excluding carboxylic acids is 1. The number of hydrogen-bond acceptors (Lipinski definition) is 4. The lowest BCUT2D eigenvalue weighted by Crippen LogP contribution is -2.41. The number of aromatic nitrogens is 2. The van der Waals surface area contributed by atoms with Crippen LogP contribution >= 0.6 is 11.6 Å². The maximum Gasteiger partial charge on any atom is 0.252 e. The average molecular weight is 409 g/mol. The zero-order valence-electron chi connectivity index (χ0n) is 15.9. The Bertz CT molecular complexity index is 1210. The molecule has 1 amide bonds. The molecule has 29 heavy (non-hydrogen) atoms. The van der Waals surface area contributed by atoms with Gasteiger partial charge in [0.2, 0.25) is 0 Å². The first-order chi connectivity index (χ1) is 14.2. The Kier molecular flexibility index (Phi) is 4.83. The van der Waals surface area contributed by atoms with Crippen molar-refractivity contribution in [1.82, 2.24) is 20.2 Å². The van der Waals surface area contributed by atoms with E-state index in [1.807, 2.05) is 36.4 Å². The van der Waals surface area contributed by atoms with Crippen molar-refractivity contribution < 1.29 is 9.53 Å². The lowest BCUT2D eigenvalue weighted by molar-refractivity contribution is 0.0383. The molecular formula is C22H21ClN4O2. The number of H-pyrrole nitrogens is 1. The summed E-state index contributed by atoms with van der Waals surface area (Å²) < 4.78 is 5.37. The number of hydrogen-bond donors (Lipinski definition) is 2. The van der Waals surface area contributed by atoms with Gasteiger partial charge in [-0.05, 0) is 18.2 Å². The standard InChI is InChI=1S/C22H21ClN4O2/c23-18-5-1-3-14-16-13-17(22(28)25-7-8-27-9-11-29-12-10-27)15-4-2-6-24-20(15)21(16)26-19(14)18/h1-6,13,26H,7-12H2,(H,25,28). The molecule has 4 aromatic rings. The highest BCUT2D eigenvalue weighted by Gasteiger charge is 2.18. The normalized spacial score (nSPS) is 15.3. The fraction of sp³-hybridized carbons (Fsp3) is 0.273. The van der Waals surface area contributed by atoms with E-state index in [4.69, 9.17) is 16.3 Å². The molecule has 0 bridgehead atoms. The van der Waals surface area contributed by atoms with Crippen LogP contribution in [0.2, 0.25) is 5.02 Å². The van der Waals surface area contributed by atoms with Gasteiger partial charge in [-0.15, -0.1) is 0 Å². The van der Waals surface area contributed by atoms with E-state index in [1.54, 1.807) is 6.20 Å². The number of nitrogens with zero attached hydrogens (tertiary/aromatic N) is 2. The predicted octanol–water partition coefficient (Wildman–Crippen LogP) is 3.58. The predicted molar refractivity (Wildman–Crippen MR) is 116 cm³/mol. The quantitative estimate of drug-likeness (QED) is 0.541. The lowest BCUT2D eigenvalue weighted by Gasteiger charge is -2.26. The molecule has 7 heteroatoms. The Morgan fingerprint density at radius 1 is 1.14 bits per heavy atom. The molecular weight excluding hydrogens is 388 g/mol. The summed E-state index contributed by atoms with van der Waals surface area (Å²) in [6.07, 6.45) is 1.75. The Balaban J connectivity index is 1.52. The molecule has 0 atom stereocenters. The fourth-order valence-corrected chi connectivity index (χ4v) is 4.24. The van der Waals surface area contributed by atoms with Crippen LogP contribution < -0.4 is 5.32 Å². The molecule has 1 fully saturated rings. The van der Waals surface area contributed by atoms with Gasteiger partial charge in [-0.3, -0.25) is 14.7 Å². The maximum atomic E-state index is 13.1. The molecule has 0 unspecified atom stereocenters. The number of aromatic amines is 1. The van der Waals surface area contributed by atoms with Crippen LogP contribution in [0.25, 0.3) is 32.7 Å². The summed E-state index contributed by atoms with van der Waals surface area (Å²) in [5.74, 6) is -0.0884. The molecule has 0 radical (unpaired) electrons. The Labute approximate surface area is 172 Å². The van der Waals surface area contributed by atoms with E-state index in [1.165, 1.54) is 0 Å². The minimum atomic E-state index is -0.0884. The number of rotatable bonds is 4. The van der Waals surface area contributed by atoms with Crippen molar-refractivity contribution in [3.05, 3.63) is 53.2 Å². The summed E-state index contributed by atoms with van der Waals surface area (Å²) in [5, 5.41) is 6.49. The first-order valence-corrected chi connectivity index (χ1v) is 10.2. The summed E-state index contributed by atoms with van der Waals surface area (Å²) >= 11 is 6.38. The van der Waals surface area contributed by atoms with Crippen LogP contribution in [-0.2, 0) is 4.74 Å². The topological polar surface area (TPSA) is 70.2 Å². The van der Waals surface area contributed by atoms with Gasteiger partial charge in [-0.25, -0.2) is 0 Å². The molecule has 0 aliphatic carbocycles. The fourth-order valence-electron chi connectivity index (χ4n) is 4.02. The highest BCUT2D eigenvalue weighted by Crippen LogP contribution is 2.35. The summed E-state index contributed by atoms with van der Waals surface area (Å²) in [7, 11) is 0. The molecule has 2 aromatic heterocycles. The number of amides is 1. The first kappa shape index (κ1) is 18.4. The minimum Gasteiger partial charge on any atom is -0.379 e. The number of pyridine rings is 1. The zero-order chi connectivity index (χ0) is 19.8. The first-order valence-electron chi connectivity index (χ1n) is 9.78. The van der Waals surface area contributed by atoms with E-state index in [2.05, 4.69) is 20.2 Å². The molecule has 0 saturated carbocycles. The third-order valence-corrected chi connectivity index (χ3v) is 5.82. The molecule has 6 nitrogen and oxygen atoms in total. The molecule has 0 spiro atoms. The summed E-state index contributed by atoms with van der Waals surface area (Å²) in [4.78, 5) is 23.3. The Morgan fingerprint density at radius 2 is 1.97 bits per heavy atom. The van der Waals surface area contributed by atoms with Crippen molar-refractivity contribution in [2.45, 2.75) is 0 Å². The highest BCUT2D eigenvalue weighted by molar-refractivity contribution is 6.36. The molecule has 2 N–H and O–H groups in total. The van der Waals surface area contributed by atoms with Gasteiger partial charge in [0.15, 0.2) is 0 Å². The van der Waals surface area contributed by atoms with Crippen molar-refractivity contribution in [3.63, 3.8) is 0 Å². The number of benzene rings is 2. The van der Waals surface area contributed by atoms with Crippen LogP contribution in [0.15, 0.2) is 42.6 Å². The number of para-hydroxylation sites is 1. The van der Waals surface area contributed by atoms with Crippen LogP contribution in [0.5, 0.6) is 0 Å². The van der Waals surface area contributed by atoms with Gasteiger partial charge >= 0.3 is 0 Å². The summed E-state index contributed by atoms with van der Waals surface area (Å²) in [6.45, 7) is 4.73. The van der Waals surface area contributed by atoms with E-state index in [-0.39, 0.29) is 5.91 Å². The lowest BCUT2D eigenvalue weighted by atomic mass is 10.0. The Morgan fingerprint density at radius 3 is 2.83 bits per heavy atom. The zero-order valence-corrected chi connectivity index (χ0v) is 16.6. The molecule has 1 aliphatic heterocycles. The molecule has 2 aromatic carbocycles. The van der Waals surface area contributed by atoms with Gasteiger partial charge in [0, 0.05) is 54.1 Å². The second-order valence-electron chi connectivity index (χ2n) is 7.24. The smallest absolute Gasteiger partial charge is 0.252 e. The number of fused-ring (bicyclic) bond motifs is 5. The van der Waals surface area contributed by atoms with Crippen molar-refractivity contribution in [3.8, 4) is 0 Å². The van der Waals surface area contributed by atoms with Crippen LogP contribution in [0.3, 0.4) is 0 Å². The van der Waals surface area contributed by atoms with Gasteiger partial charge in [-0.1, -0.05) is 29.8 Å². The maximum absolute atomic E-state index is 13.1. The highest BCUT2D eigenvalue weighted by atomic mass is 35.5. The van der Waals surface area contributed by atoms with Gasteiger partial charge in [-0.2, -0.15) is 0 Å². The van der Waals surface area contributed by atoms with E-state index < -0.39 is 0 Å². The second kappa shape index (κ2) is 7.63. The summed E-state index contributed by atoms with van der Waals surface area (Å²) in [5.41, 5.74) is 3.16. The molecule has 5 rings (SSSR count). The third kappa shape index (κ3) is 3.33. The van der Waals surface area contributed by atoms with Crippen molar-refractivity contribution in [1.29, 1.82) is 0 Å². The molecule has 3 heterocycles. The van der Waals surface area contributed by atoms with Gasteiger partial charge < -0.3 is 15.0 Å². The average Bonchev–Trinajstić information content (AvgIpc) is 3.14. The van der Waals surface area contributed by atoms with E-state index in [0.717, 1.165) is 65.6 Å². The van der Waals surface area contributed by atoms with Crippen LogP contribution in [0, 0.1) is 0 Å². The van der Waals surface area contributed by atoms with E-state index >= 15 is 0 Å². The van der Waals surface area contributed by atoms with Crippen molar-refractivity contribution in [2.75, 3.05) is 39.4 Å². The summed E-state index contributed by atoms with van der Waals surface area (Å²) in [6, 6.07) is 11.5. The van der Waals surface area contributed by atoms with Crippen LogP contribution in [0.1, 0.15) is 10.4 Å². The molecule has 148 valence electrons. The number of ether oxygens (including phenoxy) is 1. The van der Waals surface area contributed by atoms with Gasteiger partial charge in [0.05, 0.1) is 34.8 Å². The molecule has 1 aliphatic rings. The SMILES string of the molecule is O=C(NCCN1CCOCC1)c1cc2c3cccc(Cl)c3[nH]c2c2ncccc12. The van der Waals surface area contributed by atoms with Gasteiger partial charge in [0.25, 0.3) is 5.91 Å². The third-order valence-electron chi connectivity index (χ3n) is 5.51. The van der Waals surface area contributed by atoms with Crippen LogP contribution in [-0.4, -0.2) is 60.2 Å². The van der Waals surface area contributed by atoms with E-state index in [9.17, 15) is 4.79 Å². The number of morpholine rings is 1. The van der Waals surface area contributed by atoms with Crippen molar-refractivity contribution >= 4 is 50.2 Å². The number of carbonyl (C=O) groups is 1. The van der Waals surface area contributed by atoms with Crippen molar-refractivity contribution in [2.24, 2.45) is 0 Å². The number of nitrogens with one attached hydrogen (secondary N) is 2. The minimum absolute atomic E-state index is 0.0884. The number of halogens is 1. The van der Waals surface area contributed by atoms with Gasteiger partial charge in [0.1, 0.15) is 0 Å². The largest absolute Gasteiger partial charge is 0.379 e. The molecule has 1 saturated heterocycles. The van der Waals surface area contributed by atoms with Crippen LogP contribution in [0.4, 0.5) is 0 Å².